The van der Waals surface area contributed by atoms with Gasteiger partial charge in [0.05, 0.1) is 6.42 Å². The standard InChI is InChI=1S/C9H12F3NO4/c1-2-5-17-8(16)13(6-7(14)15)4-3-9(10,11)12/h2H,1,3-6H2,(H,14,15). The fraction of sp³-hybridized carbons (Fsp3) is 0.556. The summed E-state index contributed by atoms with van der Waals surface area (Å²) in [6, 6.07) is 0. The predicted molar refractivity (Wildman–Crippen MR) is 51.4 cm³/mol. The van der Waals surface area contributed by atoms with Crippen LogP contribution in [-0.2, 0) is 9.53 Å². The first-order chi connectivity index (χ1) is 7.76. The lowest BCUT2D eigenvalue weighted by Crippen LogP contribution is -2.38. The van der Waals surface area contributed by atoms with Crippen molar-refractivity contribution in [2.24, 2.45) is 0 Å². The molecule has 0 aliphatic rings. The summed E-state index contributed by atoms with van der Waals surface area (Å²) < 4.78 is 40.2. The van der Waals surface area contributed by atoms with Crippen molar-refractivity contribution in [3.8, 4) is 0 Å². The minimum absolute atomic E-state index is 0.193. The molecule has 0 aliphatic carbocycles. The average molecular weight is 255 g/mol. The van der Waals surface area contributed by atoms with Crippen molar-refractivity contribution >= 4 is 12.1 Å². The third-order valence-electron chi connectivity index (χ3n) is 1.57. The summed E-state index contributed by atoms with van der Waals surface area (Å²) in [5, 5.41) is 8.44. The molecule has 0 rings (SSSR count). The highest BCUT2D eigenvalue weighted by molar-refractivity contribution is 5.76. The van der Waals surface area contributed by atoms with Gasteiger partial charge in [-0.25, -0.2) is 4.79 Å². The molecular formula is C9H12F3NO4. The second-order valence-corrected chi connectivity index (χ2v) is 3.05. The van der Waals surface area contributed by atoms with Gasteiger partial charge in [0, 0.05) is 6.54 Å². The maximum atomic E-state index is 11.9. The van der Waals surface area contributed by atoms with E-state index in [1.54, 1.807) is 0 Å². The van der Waals surface area contributed by atoms with Crippen molar-refractivity contribution in [2.45, 2.75) is 12.6 Å². The number of aliphatic carboxylic acids is 1. The van der Waals surface area contributed by atoms with Crippen LogP contribution in [0.5, 0.6) is 0 Å². The summed E-state index contributed by atoms with van der Waals surface area (Å²) >= 11 is 0. The van der Waals surface area contributed by atoms with E-state index in [0.29, 0.717) is 4.90 Å². The van der Waals surface area contributed by atoms with Gasteiger partial charge in [-0.3, -0.25) is 9.69 Å². The molecule has 0 aliphatic heterocycles. The van der Waals surface area contributed by atoms with Gasteiger partial charge in [-0.1, -0.05) is 12.7 Å². The zero-order valence-electron chi connectivity index (χ0n) is 8.87. The number of hydrogen-bond acceptors (Lipinski definition) is 3. The molecule has 0 saturated carbocycles. The largest absolute Gasteiger partial charge is 0.480 e. The molecule has 0 spiro atoms. The van der Waals surface area contributed by atoms with Gasteiger partial charge in [0.25, 0.3) is 0 Å². The molecule has 98 valence electrons. The molecule has 0 aromatic heterocycles. The Morgan fingerprint density at radius 1 is 1.41 bits per heavy atom. The normalized spacial score (nSPS) is 10.8. The molecule has 0 bridgehead atoms. The Labute approximate surface area is 95.5 Å². The second-order valence-electron chi connectivity index (χ2n) is 3.05. The molecule has 0 fully saturated rings. The Bertz CT molecular complexity index is 290. The molecule has 17 heavy (non-hydrogen) atoms. The van der Waals surface area contributed by atoms with Crippen LogP contribution in [0.15, 0.2) is 12.7 Å². The summed E-state index contributed by atoms with van der Waals surface area (Å²) in [4.78, 5) is 22.0. The van der Waals surface area contributed by atoms with E-state index >= 15 is 0 Å². The van der Waals surface area contributed by atoms with Gasteiger partial charge in [-0.2, -0.15) is 13.2 Å². The van der Waals surface area contributed by atoms with E-state index < -0.39 is 37.7 Å². The van der Waals surface area contributed by atoms with Crippen molar-refractivity contribution in [1.29, 1.82) is 0 Å². The third-order valence-corrected chi connectivity index (χ3v) is 1.57. The Balaban J connectivity index is 4.36. The van der Waals surface area contributed by atoms with E-state index in [2.05, 4.69) is 11.3 Å². The van der Waals surface area contributed by atoms with Crippen molar-refractivity contribution in [3.05, 3.63) is 12.7 Å². The van der Waals surface area contributed by atoms with Crippen LogP contribution in [0.25, 0.3) is 0 Å². The highest BCUT2D eigenvalue weighted by Gasteiger charge is 2.30. The molecule has 0 aromatic rings. The summed E-state index contributed by atoms with van der Waals surface area (Å²) in [6.45, 7) is 1.45. The van der Waals surface area contributed by atoms with E-state index in [4.69, 9.17) is 5.11 Å². The first-order valence-corrected chi connectivity index (χ1v) is 4.57. The third kappa shape index (κ3) is 8.12. The van der Waals surface area contributed by atoms with Crippen LogP contribution in [0, 0.1) is 0 Å². The lowest BCUT2D eigenvalue weighted by Gasteiger charge is -2.20. The summed E-state index contributed by atoms with van der Waals surface area (Å²) in [5.74, 6) is -1.41. The molecule has 1 amide bonds. The Kier molecular flexibility index (Phi) is 6.08. The minimum atomic E-state index is -4.46. The zero-order valence-corrected chi connectivity index (χ0v) is 8.87. The SMILES string of the molecule is C=CCOC(=O)N(CCC(F)(F)F)CC(=O)O. The van der Waals surface area contributed by atoms with Crippen molar-refractivity contribution in [1.82, 2.24) is 4.90 Å². The molecule has 0 saturated heterocycles. The molecule has 5 nitrogen and oxygen atoms in total. The first-order valence-electron chi connectivity index (χ1n) is 4.57. The maximum absolute atomic E-state index is 11.9. The fourth-order valence-electron chi connectivity index (χ4n) is 0.881. The number of rotatable bonds is 6. The number of carboxylic acids is 1. The maximum Gasteiger partial charge on any atom is 0.410 e. The molecule has 0 atom stereocenters. The molecular weight excluding hydrogens is 243 g/mol. The quantitative estimate of drug-likeness (QED) is 0.733. The van der Waals surface area contributed by atoms with E-state index in [0.717, 1.165) is 0 Å². The molecule has 0 aromatic carbocycles. The van der Waals surface area contributed by atoms with Crippen LogP contribution in [0.1, 0.15) is 6.42 Å². The van der Waals surface area contributed by atoms with Crippen LogP contribution >= 0.6 is 0 Å². The Morgan fingerprint density at radius 3 is 2.41 bits per heavy atom. The Hall–Kier alpha value is -1.73. The van der Waals surface area contributed by atoms with Crippen LogP contribution < -0.4 is 0 Å². The van der Waals surface area contributed by atoms with Gasteiger partial charge in [0.15, 0.2) is 0 Å². The van der Waals surface area contributed by atoms with Crippen LogP contribution in [0.3, 0.4) is 0 Å². The van der Waals surface area contributed by atoms with Crippen molar-refractivity contribution < 1.29 is 32.6 Å². The van der Waals surface area contributed by atoms with Crippen LogP contribution in [0.2, 0.25) is 0 Å². The van der Waals surface area contributed by atoms with Gasteiger partial charge in [-0.15, -0.1) is 0 Å². The number of amides is 1. The minimum Gasteiger partial charge on any atom is -0.480 e. The molecule has 0 unspecified atom stereocenters. The lowest BCUT2D eigenvalue weighted by molar-refractivity contribution is -0.144. The Morgan fingerprint density at radius 2 is 2.00 bits per heavy atom. The van der Waals surface area contributed by atoms with Gasteiger partial charge < -0.3 is 9.84 Å². The number of ether oxygens (including phenoxy) is 1. The van der Waals surface area contributed by atoms with Crippen molar-refractivity contribution in [3.63, 3.8) is 0 Å². The second kappa shape index (κ2) is 6.77. The summed E-state index contributed by atoms with van der Waals surface area (Å²) in [7, 11) is 0. The summed E-state index contributed by atoms with van der Waals surface area (Å²) in [5.41, 5.74) is 0. The predicted octanol–water partition coefficient (Wildman–Crippen LogP) is 1.65. The van der Waals surface area contributed by atoms with Gasteiger partial charge in [0.1, 0.15) is 13.2 Å². The molecule has 0 radical (unpaired) electrons. The van der Waals surface area contributed by atoms with E-state index in [9.17, 15) is 22.8 Å². The smallest absolute Gasteiger partial charge is 0.410 e. The number of hydrogen-bond donors (Lipinski definition) is 1. The van der Waals surface area contributed by atoms with Crippen LogP contribution in [0.4, 0.5) is 18.0 Å². The van der Waals surface area contributed by atoms with Gasteiger partial charge >= 0.3 is 18.2 Å². The fourth-order valence-corrected chi connectivity index (χ4v) is 0.881. The van der Waals surface area contributed by atoms with Crippen LogP contribution in [-0.4, -0.2) is 47.9 Å². The number of nitrogens with zero attached hydrogens (tertiary/aromatic N) is 1. The van der Waals surface area contributed by atoms with Gasteiger partial charge in [-0.05, 0) is 0 Å². The molecule has 0 heterocycles. The number of carbonyl (C=O) groups is 2. The van der Waals surface area contributed by atoms with Gasteiger partial charge in [0.2, 0.25) is 0 Å². The van der Waals surface area contributed by atoms with E-state index in [-0.39, 0.29) is 6.61 Å². The monoisotopic (exact) mass is 255 g/mol. The topological polar surface area (TPSA) is 66.8 Å². The average Bonchev–Trinajstić information content (AvgIpc) is 2.18. The number of carboxylic acid groups (broad SMARTS) is 1. The van der Waals surface area contributed by atoms with E-state index in [1.165, 1.54) is 6.08 Å². The summed E-state index contributed by atoms with van der Waals surface area (Å²) in [6.07, 6.45) is -5.64. The van der Waals surface area contributed by atoms with Crippen molar-refractivity contribution in [2.75, 3.05) is 19.7 Å². The molecule has 1 N–H and O–H groups in total. The highest BCUT2D eigenvalue weighted by Crippen LogP contribution is 2.19. The highest BCUT2D eigenvalue weighted by atomic mass is 19.4. The lowest BCUT2D eigenvalue weighted by atomic mass is 10.4. The van der Waals surface area contributed by atoms with E-state index in [1.807, 2.05) is 0 Å². The first kappa shape index (κ1) is 15.3. The zero-order chi connectivity index (χ0) is 13.5. The molecule has 8 heteroatoms. The number of alkyl halides is 3. The number of carbonyl (C=O) groups excluding carboxylic acids is 1. The number of halogens is 3.